The number of nitrogens with zero attached hydrogens (tertiary/aromatic N) is 3. The zero-order valence-corrected chi connectivity index (χ0v) is 20.7. The number of hydrogen-bond donors (Lipinski definition) is 3. The van der Waals surface area contributed by atoms with E-state index in [4.69, 9.17) is 21.3 Å². The van der Waals surface area contributed by atoms with Crippen molar-refractivity contribution in [1.82, 2.24) is 15.6 Å². The largest absolute Gasteiger partial charge is 0.381 e. The highest BCUT2D eigenvalue weighted by Gasteiger charge is 2.30. The average molecular weight is 539 g/mol. The number of alkyl halides is 1. The number of aromatic nitrogens is 1. The maximum Gasteiger partial charge on any atom is 0.264 e. The van der Waals surface area contributed by atoms with E-state index >= 15 is 0 Å². The fourth-order valence-corrected chi connectivity index (χ4v) is 5.83. The van der Waals surface area contributed by atoms with Crippen LogP contribution in [0.3, 0.4) is 0 Å². The van der Waals surface area contributed by atoms with Gasteiger partial charge in [0.25, 0.3) is 10.0 Å². The molecular formula is C23H25ClF2N6O3S. The van der Waals surface area contributed by atoms with Crippen molar-refractivity contribution in [3.8, 4) is 0 Å². The van der Waals surface area contributed by atoms with Crippen LogP contribution in [0.15, 0.2) is 56.7 Å². The summed E-state index contributed by atoms with van der Waals surface area (Å²) in [5.74, 6) is -0.356. The molecule has 4 heterocycles. The highest BCUT2D eigenvalue weighted by Crippen LogP contribution is 2.32. The first kappa shape index (κ1) is 24.8. The molecule has 2 unspecified atom stereocenters. The summed E-state index contributed by atoms with van der Waals surface area (Å²) in [7, 11) is -4.35. The van der Waals surface area contributed by atoms with Crippen LogP contribution in [-0.4, -0.2) is 56.9 Å². The van der Waals surface area contributed by atoms with Crippen LogP contribution in [0.25, 0.3) is 0 Å². The summed E-state index contributed by atoms with van der Waals surface area (Å²) < 4.78 is 60.8. The summed E-state index contributed by atoms with van der Waals surface area (Å²) in [6, 6.07) is 1.68. The fourth-order valence-electron chi connectivity index (χ4n) is 4.43. The van der Waals surface area contributed by atoms with Crippen LogP contribution in [0.4, 0.5) is 14.5 Å². The summed E-state index contributed by atoms with van der Waals surface area (Å²) >= 11 is 6.16. The molecule has 1 aliphatic carbocycles. The molecule has 1 fully saturated rings. The number of allylic oxidation sites excluding steroid dienone is 3. The van der Waals surface area contributed by atoms with Crippen LogP contribution >= 0.6 is 11.6 Å². The molecule has 13 heteroatoms. The van der Waals surface area contributed by atoms with Gasteiger partial charge in [0, 0.05) is 43.1 Å². The highest BCUT2D eigenvalue weighted by molar-refractivity contribution is 7.96. The molecule has 4 aliphatic rings. The topological polar surface area (TPSA) is 117 Å². The van der Waals surface area contributed by atoms with E-state index in [-0.39, 0.29) is 29.3 Å². The Morgan fingerprint density at radius 3 is 2.81 bits per heavy atom. The zero-order chi connectivity index (χ0) is 25.3. The maximum absolute atomic E-state index is 14.2. The van der Waals surface area contributed by atoms with E-state index in [0.717, 1.165) is 30.4 Å². The lowest BCUT2D eigenvalue weighted by molar-refractivity contribution is 0.0799. The van der Waals surface area contributed by atoms with E-state index in [1.807, 2.05) is 0 Å². The molecule has 5 rings (SSSR count). The average Bonchev–Trinajstić information content (AvgIpc) is 2.85. The van der Waals surface area contributed by atoms with Gasteiger partial charge >= 0.3 is 0 Å². The second kappa shape index (κ2) is 10.3. The number of fused-ring (bicyclic) bond motifs is 1. The molecule has 0 aromatic carbocycles. The smallest absolute Gasteiger partial charge is 0.264 e. The van der Waals surface area contributed by atoms with Gasteiger partial charge in [0.2, 0.25) is 0 Å². The van der Waals surface area contributed by atoms with Crippen molar-refractivity contribution in [3.63, 3.8) is 0 Å². The Balaban J connectivity index is 1.42. The van der Waals surface area contributed by atoms with Crippen LogP contribution in [0.1, 0.15) is 37.7 Å². The zero-order valence-electron chi connectivity index (χ0n) is 19.2. The van der Waals surface area contributed by atoms with Crippen molar-refractivity contribution in [2.75, 3.05) is 17.9 Å². The first-order valence-corrected chi connectivity index (χ1v) is 13.5. The van der Waals surface area contributed by atoms with Crippen molar-refractivity contribution in [3.05, 3.63) is 57.4 Å². The molecule has 9 nitrogen and oxygen atoms in total. The number of rotatable bonds is 6. The van der Waals surface area contributed by atoms with E-state index in [0.29, 0.717) is 43.4 Å². The SMILES string of the molecule is O=S(=O)(Nc1cc(C2=NC3=C(NC4CCOCC4)NC=NC3CC2)cnc1Cl)C1=CCC(F)C=C1F. The minimum Gasteiger partial charge on any atom is -0.381 e. The number of anilines is 1. The van der Waals surface area contributed by atoms with Crippen molar-refractivity contribution in [2.45, 2.75) is 50.4 Å². The highest BCUT2D eigenvalue weighted by atomic mass is 35.5. The van der Waals surface area contributed by atoms with Gasteiger partial charge in [-0.1, -0.05) is 17.7 Å². The van der Waals surface area contributed by atoms with E-state index < -0.39 is 26.9 Å². The first-order valence-electron chi connectivity index (χ1n) is 11.6. The van der Waals surface area contributed by atoms with Crippen molar-refractivity contribution < 1.29 is 21.9 Å². The van der Waals surface area contributed by atoms with Gasteiger partial charge in [-0.2, -0.15) is 0 Å². The number of pyridine rings is 1. The standard InChI is InChI=1S/C23H25ClF2N6O3S/c24-22-19(32-36(33,34)20-4-1-14(25)10-16(20)26)9-13(11-27-22)17-2-3-18-21(31-17)23(29-12-28-18)30-15-5-7-35-8-6-15/h4,9-12,14-15,18,30,32H,1-3,5-8H2,(H,28,29). The van der Waals surface area contributed by atoms with Crippen LogP contribution in [0.2, 0.25) is 5.15 Å². The number of halogens is 3. The minimum absolute atomic E-state index is 0.0237. The van der Waals surface area contributed by atoms with Gasteiger partial charge in [-0.05, 0) is 37.8 Å². The van der Waals surface area contributed by atoms with Crippen molar-refractivity contribution in [1.29, 1.82) is 0 Å². The molecule has 1 saturated heterocycles. The predicted molar refractivity (Wildman–Crippen MR) is 134 cm³/mol. The Bertz CT molecular complexity index is 1300. The molecule has 192 valence electrons. The fraction of sp³-hybridized carbons (Fsp3) is 0.435. The molecule has 0 bridgehead atoms. The lowest BCUT2D eigenvalue weighted by atomic mass is 9.97. The van der Waals surface area contributed by atoms with Gasteiger partial charge < -0.3 is 15.4 Å². The van der Waals surface area contributed by atoms with Gasteiger partial charge in [-0.3, -0.25) is 14.7 Å². The lowest BCUT2D eigenvalue weighted by Gasteiger charge is -2.31. The van der Waals surface area contributed by atoms with Crippen LogP contribution in [-0.2, 0) is 14.8 Å². The minimum atomic E-state index is -4.35. The Hall–Kier alpha value is -2.83. The third-order valence-electron chi connectivity index (χ3n) is 6.31. The normalized spacial score (nSPS) is 24.8. The Kier molecular flexibility index (Phi) is 7.09. The van der Waals surface area contributed by atoms with E-state index in [1.165, 1.54) is 12.3 Å². The molecule has 36 heavy (non-hydrogen) atoms. The molecule has 1 aromatic heterocycles. The van der Waals surface area contributed by atoms with Gasteiger partial charge in [0.05, 0.1) is 18.1 Å². The Labute approximate surface area is 212 Å². The third-order valence-corrected chi connectivity index (χ3v) is 8.04. The monoisotopic (exact) mass is 538 g/mol. The molecule has 0 spiro atoms. The van der Waals surface area contributed by atoms with E-state index in [9.17, 15) is 17.2 Å². The quantitative estimate of drug-likeness (QED) is 0.477. The molecule has 0 radical (unpaired) electrons. The van der Waals surface area contributed by atoms with Crippen LogP contribution < -0.4 is 15.4 Å². The lowest BCUT2D eigenvalue weighted by Crippen LogP contribution is -2.42. The maximum atomic E-state index is 14.2. The van der Waals surface area contributed by atoms with Crippen molar-refractivity contribution in [2.24, 2.45) is 9.98 Å². The summed E-state index contributed by atoms with van der Waals surface area (Å²) in [4.78, 5) is 12.8. The molecule has 0 amide bonds. The number of nitrogens with one attached hydrogen (secondary N) is 3. The number of sulfonamides is 1. The predicted octanol–water partition coefficient (Wildman–Crippen LogP) is 3.48. The number of ether oxygens (including phenoxy) is 1. The molecule has 3 aliphatic heterocycles. The van der Waals surface area contributed by atoms with E-state index in [2.05, 4.69) is 25.3 Å². The van der Waals surface area contributed by atoms with Gasteiger partial charge in [-0.15, -0.1) is 0 Å². The second-order valence-electron chi connectivity index (χ2n) is 8.83. The van der Waals surface area contributed by atoms with Crippen LogP contribution in [0, 0.1) is 0 Å². The molecule has 3 N–H and O–H groups in total. The Morgan fingerprint density at radius 1 is 1.22 bits per heavy atom. The Morgan fingerprint density at radius 2 is 2.03 bits per heavy atom. The molecular weight excluding hydrogens is 514 g/mol. The summed E-state index contributed by atoms with van der Waals surface area (Å²) in [5.41, 5.74) is 2.01. The molecule has 2 atom stereocenters. The third kappa shape index (κ3) is 5.30. The first-order chi connectivity index (χ1) is 17.3. The molecule has 1 aromatic rings. The summed E-state index contributed by atoms with van der Waals surface area (Å²) in [6.45, 7) is 1.40. The van der Waals surface area contributed by atoms with E-state index in [1.54, 1.807) is 6.34 Å². The van der Waals surface area contributed by atoms with Crippen molar-refractivity contribution >= 4 is 39.4 Å². The van der Waals surface area contributed by atoms with Crippen LogP contribution in [0.5, 0.6) is 0 Å². The van der Waals surface area contributed by atoms with Gasteiger partial charge in [-0.25, -0.2) is 22.2 Å². The molecule has 0 saturated carbocycles. The second-order valence-corrected chi connectivity index (χ2v) is 10.8. The summed E-state index contributed by atoms with van der Waals surface area (Å²) in [5, 5.41) is 6.57. The summed E-state index contributed by atoms with van der Waals surface area (Å²) in [6.07, 6.45) is 6.11. The number of aliphatic imine (C=N–C) groups is 2. The number of hydrogen-bond acceptors (Lipinski definition) is 8. The van der Waals surface area contributed by atoms with Gasteiger partial charge in [0.1, 0.15) is 28.4 Å². The van der Waals surface area contributed by atoms with Gasteiger partial charge in [0.15, 0.2) is 5.15 Å².